The minimum absolute atomic E-state index is 0.0119. The summed E-state index contributed by atoms with van der Waals surface area (Å²) in [6.07, 6.45) is -0.317. The zero-order chi connectivity index (χ0) is 23.2. The lowest BCUT2D eigenvalue weighted by molar-refractivity contribution is -0.306. The molecule has 1 aliphatic rings. The number of carbonyl (C=O) groups excluding carboxylic acids is 2. The molecule has 0 aliphatic carbocycles. The molecule has 1 saturated heterocycles. The van der Waals surface area contributed by atoms with Crippen molar-refractivity contribution < 1.29 is 28.5 Å². The van der Waals surface area contributed by atoms with Crippen LogP contribution in [-0.4, -0.2) is 41.7 Å². The van der Waals surface area contributed by atoms with Crippen LogP contribution in [0.1, 0.15) is 66.9 Å². The monoisotopic (exact) mass is 435 g/mol. The third-order valence-corrected chi connectivity index (χ3v) is 4.68. The zero-order valence-electron chi connectivity index (χ0n) is 19.8. The van der Waals surface area contributed by atoms with Crippen molar-refractivity contribution in [2.45, 2.75) is 97.7 Å². The molecule has 1 aromatic rings. The standard InChI is InChI=1S/C24H37NO6/c1-16(2)21(22(27)28-15-17-11-9-8-10-12-17)25-19-13-18(29-24(6,7)30-19)14-20(26)31-23(3,4)5/h8-12,16,18-19,21,25H,13-15H2,1-7H3/t18-,19+,21?/m1/s1. The first-order valence-corrected chi connectivity index (χ1v) is 10.9. The maximum absolute atomic E-state index is 12.8. The van der Waals surface area contributed by atoms with E-state index in [-0.39, 0.29) is 37.0 Å². The van der Waals surface area contributed by atoms with E-state index in [1.165, 1.54) is 0 Å². The lowest BCUT2D eigenvalue weighted by Gasteiger charge is -2.42. The average Bonchev–Trinajstić information content (AvgIpc) is 2.61. The van der Waals surface area contributed by atoms with Crippen LogP contribution in [0.5, 0.6) is 0 Å². The van der Waals surface area contributed by atoms with Gasteiger partial charge in [0.2, 0.25) is 0 Å². The fourth-order valence-electron chi connectivity index (χ4n) is 3.45. The molecule has 31 heavy (non-hydrogen) atoms. The fourth-order valence-corrected chi connectivity index (χ4v) is 3.45. The van der Waals surface area contributed by atoms with Gasteiger partial charge in [-0.15, -0.1) is 0 Å². The van der Waals surface area contributed by atoms with Gasteiger partial charge in [-0.2, -0.15) is 0 Å². The van der Waals surface area contributed by atoms with Gasteiger partial charge in [0, 0.05) is 6.42 Å². The van der Waals surface area contributed by atoms with Gasteiger partial charge in [-0.05, 0) is 46.1 Å². The van der Waals surface area contributed by atoms with Crippen LogP contribution >= 0.6 is 0 Å². The molecule has 0 saturated carbocycles. The normalized spacial score (nSPS) is 22.1. The second-order valence-electron chi connectivity index (χ2n) is 9.75. The molecule has 0 aromatic heterocycles. The second-order valence-corrected chi connectivity index (χ2v) is 9.75. The Hall–Kier alpha value is -1.96. The van der Waals surface area contributed by atoms with Gasteiger partial charge in [0.25, 0.3) is 0 Å². The summed E-state index contributed by atoms with van der Waals surface area (Å²) in [5.41, 5.74) is 0.375. The molecule has 0 radical (unpaired) electrons. The van der Waals surface area contributed by atoms with Gasteiger partial charge in [-0.1, -0.05) is 44.2 Å². The molecule has 1 aromatic carbocycles. The lowest BCUT2D eigenvalue weighted by Crippen LogP contribution is -2.56. The summed E-state index contributed by atoms with van der Waals surface area (Å²) >= 11 is 0. The van der Waals surface area contributed by atoms with Crippen molar-refractivity contribution in [3.05, 3.63) is 35.9 Å². The average molecular weight is 436 g/mol. The molecule has 0 bridgehead atoms. The van der Waals surface area contributed by atoms with E-state index >= 15 is 0 Å². The number of benzene rings is 1. The first kappa shape index (κ1) is 25.3. The van der Waals surface area contributed by atoms with E-state index in [1.54, 1.807) is 13.8 Å². The molecule has 3 atom stereocenters. The van der Waals surface area contributed by atoms with Gasteiger partial charge in [0.15, 0.2) is 5.79 Å². The Morgan fingerprint density at radius 2 is 1.81 bits per heavy atom. The van der Waals surface area contributed by atoms with E-state index in [0.717, 1.165) is 5.56 Å². The molecular weight excluding hydrogens is 398 g/mol. The van der Waals surface area contributed by atoms with Crippen LogP contribution < -0.4 is 5.32 Å². The summed E-state index contributed by atoms with van der Waals surface area (Å²) in [5, 5.41) is 3.27. The van der Waals surface area contributed by atoms with E-state index in [1.807, 2.05) is 65.0 Å². The number of esters is 2. The number of carbonyl (C=O) groups is 2. The lowest BCUT2D eigenvalue weighted by atomic mass is 10.0. The van der Waals surface area contributed by atoms with Crippen LogP contribution in [0.3, 0.4) is 0 Å². The van der Waals surface area contributed by atoms with E-state index in [4.69, 9.17) is 18.9 Å². The molecule has 0 amide bonds. The van der Waals surface area contributed by atoms with Crippen LogP contribution in [0, 0.1) is 5.92 Å². The Kier molecular flexibility index (Phi) is 8.63. The predicted octanol–water partition coefficient (Wildman–Crippen LogP) is 3.94. The molecule has 1 heterocycles. The molecule has 1 fully saturated rings. The summed E-state index contributed by atoms with van der Waals surface area (Å²) in [7, 11) is 0. The highest BCUT2D eigenvalue weighted by Crippen LogP contribution is 2.28. The molecule has 1 N–H and O–H groups in total. The van der Waals surface area contributed by atoms with Crippen molar-refractivity contribution >= 4 is 11.9 Å². The van der Waals surface area contributed by atoms with E-state index in [2.05, 4.69) is 5.32 Å². The number of ether oxygens (including phenoxy) is 4. The van der Waals surface area contributed by atoms with Gasteiger partial charge < -0.3 is 18.9 Å². The Balaban J connectivity index is 1.99. The Morgan fingerprint density at radius 3 is 2.39 bits per heavy atom. The highest BCUT2D eigenvalue weighted by molar-refractivity contribution is 5.76. The van der Waals surface area contributed by atoms with Crippen molar-refractivity contribution in [1.29, 1.82) is 0 Å². The van der Waals surface area contributed by atoms with Crippen LogP contribution in [0.4, 0.5) is 0 Å². The maximum Gasteiger partial charge on any atom is 0.323 e. The largest absolute Gasteiger partial charge is 0.460 e. The molecule has 1 unspecified atom stereocenters. The maximum atomic E-state index is 12.8. The zero-order valence-corrected chi connectivity index (χ0v) is 19.8. The molecule has 7 nitrogen and oxygen atoms in total. The summed E-state index contributed by atoms with van der Waals surface area (Å²) < 4.78 is 22.9. The first-order valence-electron chi connectivity index (χ1n) is 10.9. The number of hydrogen-bond acceptors (Lipinski definition) is 7. The Bertz CT molecular complexity index is 725. The van der Waals surface area contributed by atoms with Crippen molar-refractivity contribution in [3.8, 4) is 0 Å². The highest BCUT2D eigenvalue weighted by Gasteiger charge is 2.39. The summed E-state index contributed by atoms with van der Waals surface area (Å²) in [6.45, 7) is 13.2. The molecule has 1 aliphatic heterocycles. The Labute approximate surface area is 185 Å². The van der Waals surface area contributed by atoms with Gasteiger partial charge in [-0.3, -0.25) is 14.9 Å². The van der Waals surface area contributed by atoms with Crippen molar-refractivity contribution in [2.75, 3.05) is 0 Å². The van der Waals surface area contributed by atoms with Gasteiger partial charge in [0.05, 0.1) is 12.5 Å². The smallest absolute Gasteiger partial charge is 0.323 e. The predicted molar refractivity (Wildman–Crippen MR) is 117 cm³/mol. The topological polar surface area (TPSA) is 83.1 Å². The minimum Gasteiger partial charge on any atom is -0.460 e. The molecule has 0 spiro atoms. The van der Waals surface area contributed by atoms with Crippen LogP contribution in [0.15, 0.2) is 30.3 Å². The SMILES string of the molecule is CC(C)C(N[C@@H]1C[C@H](CC(=O)OC(C)(C)C)OC(C)(C)O1)C(=O)OCc1ccccc1. The van der Waals surface area contributed by atoms with Crippen molar-refractivity contribution in [1.82, 2.24) is 5.32 Å². The van der Waals surface area contributed by atoms with E-state index in [0.29, 0.717) is 6.42 Å². The fraction of sp³-hybridized carbons (Fsp3) is 0.667. The number of nitrogens with one attached hydrogen (secondary N) is 1. The van der Waals surface area contributed by atoms with E-state index < -0.39 is 23.7 Å². The Morgan fingerprint density at radius 1 is 1.16 bits per heavy atom. The summed E-state index contributed by atoms with van der Waals surface area (Å²) in [5.74, 6) is -1.58. The second kappa shape index (κ2) is 10.6. The molecule has 7 heteroatoms. The third kappa shape index (κ3) is 8.97. The van der Waals surface area contributed by atoms with Crippen LogP contribution in [-0.2, 0) is 35.1 Å². The highest BCUT2D eigenvalue weighted by atomic mass is 16.7. The summed E-state index contributed by atoms with van der Waals surface area (Å²) in [4.78, 5) is 25.0. The van der Waals surface area contributed by atoms with Gasteiger partial charge >= 0.3 is 11.9 Å². The molecular formula is C24H37NO6. The number of hydrogen-bond donors (Lipinski definition) is 1. The van der Waals surface area contributed by atoms with Crippen molar-refractivity contribution in [3.63, 3.8) is 0 Å². The summed E-state index contributed by atoms with van der Waals surface area (Å²) in [6, 6.07) is 9.01. The van der Waals surface area contributed by atoms with Gasteiger partial charge in [0.1, 0.15) is 24.5 Å². The molecule has 174 valence electrons. The van der Waals surface area contributed by atoms with Crippen LogP contribution in [0.2, 0.25) is 0 Å². The van der Waals surface area contributed by atoms with E-state index in [9.17, 15) is 9.59 Å². The minimum atomic E-state index is -0.905. The number of rotatable bonds is 8. The van der Waals surface area contributed by atoms with Gasteiger partial charge in [-0.25, -0.2) is 0 Å². The van der Waals surface area contributed by atoms with Crippen LogP contribution in [0.25, 0.3) is 0 Å². The van der Waals surface area contributed by atoms with Crippen molar-refractivity contribution in [2.24, 2.45) is 5.92 Å². The first-order chi connectivity index (χ1) is 14.3. The third-order valence-electron chi connectivity index (χ3n) is 4.68. The quantitative estimate of drug-likeness (QED) is 0.619. The molecule has 2 rings (SSSR count).